The Bertz CT molecular complexity index is 382. The third-order valence-corrected chi connectivity index (χ3v) is 2.50. The van der Waals surface area contributed by atoms with Gasteiger partial charge in [0.05, 0.1) is 6.26 Å². The molecule has 1 heterocycles. The van der Waals surface area contributed by atoms with E-state index in [0.29, 0.717) is 0 Å². The van der Waals surface area contributed by atoms with Gasteiger partial charge in [0.25, 0.3) is 0 Å². The first-order valence-electron chi connectivity index (χ1n) is 4.53. The third kappa shape index (κ3) is 1.68. The maximum atomic E-state index is 5.94. The quantitative estimate of drug-likeness (QED) is 0.666. The van der Waals surface area contributed by atoms with E-state index in [0.717, 1.165) is 17.0 Å². The van der Waals surface area contributed by atoms with Gasteiger partial charge in [0.2, 0.25) is 0 Å². The van der Waals surface area contributed by atoms with Crippen LogP contribution in [0.4, 0.5) is 0 Å². The van der Waals surface area contributed by atoms with E-state index in [1.807, 2.05) is 30.4 Å². The van der Waals surface area contributed by atoms with Gasteiger partial charge in [0.1, 0.15) is 6.10 Å². The molecule has 1 aromatic rings. The number of ether oxygens (including phenoxy) is 1. The van der Waals surface area contributed by atoms with Crippen molar-refractivity contribution in [3.63, 3.8) is 0 Å². The van der Waals surface area contributed by atoms with E-state index in [1.54, 1.807) is 6.26 Å². The zero-order chi connectivity index (χ0) is 9.97. The molecule has 1 unspecified atom stereocenters. The van der Waals surface area contributed by atoms with Crippen molar-refractivity contribution in [3.05, 3.63) is 53.3 Å². The Morgan fingerprint density at radius 1 is 1.50 bits per heavy atom. The van der Waals surface area contributed by atoms with E-state index >= 15 is 0 Å². The van der Waals surface area contributed by atoms with Crippen molar-refractivity contribution in [2.24, 2.45) is 0 Å². The molecule has 1 atom stereocenters. The van der Waals surface area contributed by atoms with Crippen LogP contribution in [0.25, 0.3) is 6.08 Å². The Kier molecular flexibility index (Phi) is 2.60. The Morgan fingerprint density at radius 2 is 2.36 bits per heavy atom. The maximum Gasteiger partial charge on any atom is 0.127 e. The highest BCUT2D eigenvalue weighted by Crippen LogP contribution is 2.32. The molecule has 1 aliphatic rings. The molecule has 0 aliphatic carbocycles. The average molecular weight is 207 g/mol. The maximum absolute atomic E-state index is 5.94. The lowest BCUT2D eigenvalue weighted by Gasteiger charge is -2.21. The van der Waals surface area contributed by atoms with Crippen molar-refractivity contribution in [3.8, 4) is 0 Å². The molecule has 0 spiro atoms. The van der Waals surface area contributed by atoms with Crippen molar-refractivity contribution >= 4 is 17.7 Å². The minimum absolute atomic E-state index is 0.0613. The van der Waals surface area contributed by atoms with E-state index in [1.165, 1.54) is 5.56 Å². The zero-order valence-electron chi connectivity index (χ0n) is 7.74. The summed E-state index contributed by atoms with van der Waals surface area (Å²) < 4.78 is 5.49. The highest BCUT2D eigenvalue weighted by Gasteiger charge is 2.16. The summed E-state index contributed by atoms with van der Waals surface area (Å²) in [6.07, 6.45) is 6.40. The molecule has 0 fully saturated rings. The lowest BCUT2D eigenvalue weighted by Crippen LogP contribution is -2.05. The summed E-state index contributed by atoms with van der Waals surface area (Å²) >= 11 is 5.94. The van der Waals surface area contributed by atoms with E-state index in [-0.39, 0.29) is 6.10 Å². The van der Waals surface area contributed by atoms with Crippen LogP contribution >= 0.6 is 11.6 Å². The number of benzene rings is 1. The van der Waals surface area contributed by atoms with E-state index in [4.69, 9.17) is 16.3 Å². The summed E-state index contributed by atoms with van der Waals surface area (Å²) in [5.41, 5.74) is 2.31. The fraction of sp³-hybridized carbons (Fsp3) is 0.167. The first-order valence-corrected chi connectivity index (χ1v) is 4.91. The number of fused-ring (bicyclic) bond motifs is 1. The molecule has 0 bridgehead atoms. The summed E-state index contributed by atoms with van der Waals surface area (Å²) in [5.74, 6) is 0. The molecule has 0 saturated heterocycles. The minimum Gasteiger partial charge on any atom is -0.493 e. The van der Waals surface area contributed by atoms with Gasteiger partial charge in [-0.15, -0.1) is 6.58 Å². The largest absolute Gasteiger partial charge is 0.493 e. The van der Waals surface area contributed by atoms with Gasteiger partial charge in [-0.25, -0.2) is 0 Å². The van der Waals surface area contributed by atoms with Gasteiger partial charge < -0.3 is 4.74 Å². The van der Waals surface area contributed by atoms with Crippen LogP contribution in [0.2, 0.25) is 5.02 Å². The Morgan fingerprint density at radius 3 is 3.14 bits per heavy atom. The molecule has 0 amide bonds. The topological polar surface area (TPSA) is 9.23 Å². The van der Waals surface area contributed by atoms with Crippen LogP contribution in [0.3, 0.4) is 0 Å². The standard InChI is InChI=1S/C12H11ClO/c1-2-3-12-11-8-10(13)5-4-9(11)6-7-14-12/h2,4-8,12H,1,3H2. The smallest absolute Gasteiger partial charge is 0.127 e. The van der Waals surface area contributed by atoms with Gasteiger partial charge >= 0.3 is 0 Å². The van der Waals surface area contributed by atoms with Crippen LogP contribution in [0, 0.1) is 0 Å². The second-order valence-electron chi connectivity index (χ2n) is 3.23. The highest BCUT2D eigenvalue weighted by atomic mass is 35.5. The van der Waals surface area contributed by atoms with Crippen LogP contribution in [0.15, 0.2) is 37.1 Å². The highest BCUT2D eigenvalue weighted by molar-refractivity contribution is 6.30. The van der Waals surface area contributed by atoms with Crippen molar-refractivity contribution in [1.29, 1.82) is 0 Å². The van der Waals surface area contributed by atoms with Gasteiger partial charge in [-0.2, -0.15) is 0 Å². The first-order chi connectivity index (χ1) is 6.81. The molecular formula is C12H11ClO. The summed E-state index contributed by atoms with van der Waals surface area (Å²) in [7, 11) is 0. The van der Waals surface area contributed by atoms with Crippen LogP contribution in [-0.2, 0) is 4.74 Å². The molecule has 0 saturated carbocycles. The fourth-order valence-electron chi connectivity index (χ4n) is 1.59. The van der Waals surface area contributed by atoms with Crippen LogP contribution in [0.5, 0.6) is 0 Å². The second kappa shape index (κ2) is 3.89. The number of hydrogen-bond donors (Lipinski definition) is 0. The first kappa shape index (κ1) is 9.35. The SMILES string of the molecule is C=CCC1OC=Cc2ccc(Cl)cc21. The Hall–Kier alpha value is -1.21. The van der Waals surface area contributed by atoms with E-state index in [9.17, 15) is 0 Å². The number of halogens is 1. The van der Waals surface area contributed by atoms with Gasteiger partial charge in [-0.05, 0) is 23.8 Å². The summed E-state index contributed by atoms with van der Waals surface area (Å²) in [6, 6.07) is 5.85. The number of rotatable bonds is 2. The zero-order valence-corrected chi connectivity index (χ0v) is 8.50. The molecule has 72 valence electrons. The second-order valence-corrected chi connectivity index (χ2v) is 3.66. The average Bonchev–Trinajstić information content (AvgIpc) is 2.19. The van der Waals surface area contributed by atoms with E-state index in [2.05, 4.69) is 6.58 Å². The molecule has 14 heavy (non-hydrogen) atoms. The van der Waals surface area contributed by atoms with Gasteiger partial charge in [0.15, 0.2) is 0 Å². The van der Waals surface area contributed by atoms with Gasteiger partial charge in [0, 0.05) is 17.0 Å². The van der Waals surface area contributed by atoms with Crippen molar-refractivity contribution in [1.82, 2.24) is 0 Å². The lowest BCUT2D eigenvalue weighted by atomic mass is 9.98. The molecule has 0 aromatic heterocycles. The molecule has 2 heteroatoms. The Balaban J connectivity index is 2.42. The van der Waals surface area contributed by atoms with Crippen LogP contribution < -0.4 is 0 Å². The molecule has 1 aromatic carbocycles. The molecular weight excluding hydrogens is 196 g/mol. The predicted octanol–water partition coefficient (Wildman–Crippen LogP) is 3.96. The van der Waals surface area contributed by atoms with Gasteiger partial charge in [-0.3, -0.25) is 0 Å². The summed E-state index contributed by atoms with van der Waals surface area (Å²) in [5, 5.41) is 0.747. The molecule has 0 N–H and O–H groups in total. The fourth-order valence-corrected chi connectivity index (χ4v) is 1.77. The monoisotopic (exact) mass is 206 g/mol. The van der Waals surface area contributed by atoms with Crippen LogP contribution in [0.1, 0.15) is 23.7 Å². The molecule has 2 rings (SSSR count). The number of hydrogen-bond acceptors (Lipinski definition) is 1. The normalized spacial score (nSPS) is 18.5. The molecule has 1 aliphatic heterocycles. The van der Waals surface area contributed by atoms with Crippen molar-refractivity contribution in [2.45, 2.75) is 12.5 Å². The Labute approximate surface area is 88.7 Å². The van der Waals surface area contributed by atoms with E-state index < -0.39 is 0 Å². The lowest BCUT2D eigenvalue weighted by molar-refractivity contribution is 0.147. The molecule has 0 radical (unpaired) electrons. The third-order valence-electron chi connectivity index (χ3n) is 2.27. The molecule has 1 nitrogen and oxygen atoms in total. The van der Waals surface area contributed by atoms with Crippen molar-refractivity contribution in [2.75, 3.05) is 0 Å². The van der Waals surface area contributed by atoms with Crippen LogP contribution in [-0.4, -0.2) is 0 Å². The summed E-state index contributed by atoms with van der Waals surface area (Å²) in [4.78, 5) is 0. The van der Waals surface area contributed by atoms with Crippen molar-refractivity contribution < 1.29 is 4.74 Å². The summed E-state index contributed by atoms with van der Waals surface area (Å²) in [6.45, 7) is 3.71. The minimum atomic E-state index is 0.0613. The van der Waals surface area contributed by atoms with Gasteiger partial charge in [-0.1, -0.05) is 23.7 Å². The predicted molar refractivity (Wildman–Crippen MR) is 59.1 cm³/mol.